The van der Waals surface area contributed by atoms with Crippen molar-refractivity contribution in [3.8, 4) is 5.75 Å². The van der Waals surface area contributed by atoms with Gasteiger partial charge in [0.25, 0.3) is 5.91 Å². The molecule has 1 aromatic heterocycles. The van der Waals surface area contributed by atoms with Gasteiger partial charge in [-0.3, -0.25) is 9.69 Å². The lowest BCUT2D eigenvalue weighted by atomic mass is 10.2. The summed E-state index contributed by atoms with van der Waals surface area (Å²) in [5.74, 6) is -0.185. The van der Waals surface area contributed by atoms with Crippen LogP contribution in [0.4, 0.5) is 5.13 Å². The predicted octanol–water partition coefficient (Wildman–Crippen LogP) is 3.27. The number of hydrogen-bond acceptors (Lipinski definition) is 6. The van der Waals surface area contributed by atoms with Crippen molar-refractivity contribution >= 4 is 42.6 Å². The number of amides is 1. The molecule has 148 valence electrons. The molecule has 9 heteroatoms. The van der Waals surface area contributed by atoms with Gasteiger partial charge in [0, 0.05) is 18.7 Å². The molecular weight excluding hydrogens is 398 g/mol. The molecule has 0 fully saturated rings. The van der Waals surface area contributed by atoms with Crippen molar-refractivity contribution in [2.45, 2.75) is 24.8 Å². The number of para-hydroxylation sites is 1. The van der Waals surface area contributed by atoms with Gasteiger partial charge in [-0.05, 0) is 44.2 Å². The van der Waals surface area contributed by atoms with Gasteiger partial charge >= 0.3 is 0 Å². The number of carbonyl (C=O) groups is 1. The molecule has 0 aliphatic heterocycles. The first-order valence-electron chi connectivity index (χ1n) is 8.57. The Labute approximate surface area is 168 Å². The molecule has 0 unspecified atom stereocenters. The monoisotopic (exact) mass is 419 g/mol. The first-order valence-corrected chi connectivity index (χ1v) is 10.9. The quantitative estimate of drug-likeness (QED) is 0.662. The zero-order valence-electron chi connectivity index (χ0n) is 16.0. The molecule has 0 saturated heterocycles. The average molecular weight is 420 g/mol. The van der Waals surface area contributed by atoms with E-state index in [-0.39, 0.29) is 28.2 Å². The lowest BCUT2D eigenvalue weighted by Gasteiger charge is -2.16. The van der Waals surface area contributed by atoms with Crippen molar-refractivity contribution in [1.29, 1.82) is 0 Å². The number of nitrogens with zero attached hydrogens (tertiary/aromatic N) is 2. The Bertz CT molecular complexity index is 1090. The van der Waals surface area contributed by atoms with Crippen LogP contribution in [-0.2, 0) is 10.0 Å². The minimum Gasteiger partial charge on any atom is -0.495 e. The highest BCUT2D eigenvalue weighted by Gasteiger charge is 2.24. The number of aromatic nitrogens is 1. The Morgan fingerprint density at radius 3 is 2.57 bits per heavy atom. The van der Waals surface area contributed by atoms with E-state index in [1.807, 2.05) is 24.3 Å². The van der Waals surface area contributed by atoms with Crippen LogP contribution >= 0.6 is 11.3 Å². The Hall–Kier alpha value is -2.49. The summed E-state index contributed by atoms with van der Waals surface area (Å²) in [7, 11) is -0.825. The molecule has 3 rings (SSSR count). The van der Waals surface area contributed by atoms with Gasteiger partial charge in [-0.25, -0.2) is 18.1 Å². The predicted molar refractivity (Wildman–Crippen MR) is 111 cm³/mol. The van der Waals surface area contributed by atoms with E-state index < -0.39 is 10.0 Å². The van der Waals surface area contributed by atoms with Crippen LogP contribution in [0, 0.1) is 0 Å². The van der Waals surface area contributed by atoms with Crippen molar-refractivity contribution in [3.05, 3.63) is 48.0 Å². The maximum absolute atomic E-state index is 13.0. The van der Waals surface area contributed by atoms with E-state index in [4.69, 9.17) is 4.74 Å². The number of benzene rings is 2. The summed E-state index contributed by atoms with van der Waals surface area (Å²) in [6, 6.07) is 11.7. The molecule has 2 aromatic carbocycles. The van der Waals surface area contributed by atoms with Crippen LogP contribution in [-0.4, -0.2) is 39.5 Å². The average Bonchev–Trinajstić information content (AvgIpc) is 3.09. The third-order valence-corrected chi connectivity index (χ3v) is 6.76. The topological polar surface area (TPSA) is 88.6 Å². The van der Waals surface area contributed by atoms with Gasteiger partial charge in [0.1, 0.15) is 10.6 Å². The molecule has 0 aliphatic carbocycles. The summed E-state index contributed by atoms with van der Waals surface area (Å²) >= 11 is 1.39. The molecule has 0 saturated carbocycles. The molecule has 28 heavy (non-hydrogen) atoms. The van der Waals surface area contributed by atoms with Gasteiger partial charge in [0.2, 0.25) is 10.0 Å². The van der Waals surface area contributed by atoms with E-state index >= 15 is 0 Å². The van der Waals surface area contributed by atoms with Gasteiger partial charge < -0.3 is 4.74 Å². The summed E-state index contributed by atoms with van der Waals surface area (Å²) in [5.41, 5.74) is 1.04. The number of anilines is 1. The first kappa shape index (κ1) is 20.2. The number of nitrogens with one attached hydrogen (secondary N) is 1. The SMILES string of the molecule is COc1ccc(C(=O)N(C)c2nc3ccccc3s2)cc1S(=O)(=O)NC(C)C. The lowest BCUT2D eigenvalue weighted by Crippen LogP contribution is -2.31. The fraction of sp³-hybridized carbons (Fsp3) is 0.263. The normalized spacial score (nSPS) is 11.8. The summed E-state index contributed by atoms with van der Waals surface area (Å²) in [6.07, 6.45) is 0. The smallest absolute Gasteiger partial charge is 0.259 e. The second-order valence-corrected chi connectivity index (χ2v) is 9.16. The van der Waals surface area contributed by atoms with Crippen LogP contribution in [0.5, 0.6) is 5.75 Å². The highest BCUT2D eigenvalue weighted by atomic mass is 32.2. The highest BCUT2D eigenvalue weighted by Crippen LogP contribution is 2.30. The van der Waals surface area contributed by atoms with E-state index in [1.165, 1.54) is 35.5 Å². The Morgan fingerprint density at radius 1 is 1.21 bits per heavy atom. The zero-order valence-corrected chi connectivity index (χ0v) is 17.6. The number of rotatable bonds is 6. The van der Waals surface area contributed by atoms with Gasteiger partial charge in [-0.2, -0.15) is 0 Å². The third kappa shape index (κ3) is 4.01. The van der Waals surface area contributed by atoms with Crippen molar-refractivity contribution in [1.82, 2.24) is 9.71 Å². The summed E-state index contributed by atoms with van der Waals surface area (Å²) in [6.45, 7) is 3.44. The summed E-state index contributed by atoms with van der Waals surface area (Å²) in [5, 5.41) is 0.534. The van der Waals surface area contributed by atoms with Crippen molar-refractivity contribution in [3.63, 3.8) is 0 Å². The molecular formula is C19H21N3O4S2. The van der Waals surface area contributed by atoms with Gasteiger partial charge in [0.15, 0.2) is 5.13 Å². The van der Waals surface area contributed by atoms with E-state index in [0.717, 1.165) is 10.2 Å². The van der Waals surface area contributed by atoms with Crippen LogP contribution in [0.2, 0.25) is 0 Å². The van der Waals surface area contributed by atoms with Crippen molar-refractivity contribution < 1.29 is 17.9 Å². The van der Waals surface area contributed by atoms with Crippen molar-refractivity contribution in [2.24, 2.45) is 0 Å². The third-order valence-electron chi connectivity index (χ3n) is 3.97. The highest BCUT2D eigenvalue weighted by molar-refractivity contribution is 7.89. The Kier molecular flexibility index (Phi) is 5.69. The van der Waals surface area contributed by atoms with Crippen molar-refractivity contribution in [2.75, 3.05) is 19.1 Å². The molecule has 3 aromatic rings. The maximum atomic E-state index is 13.0. The van der Waals surface area contributed by atoms with Crippen LogP contribution in [0.25, 0.3) is 10.2 Å². The second-order valence-electron chi connectivity index (χ2n) is 6.47. The fourth-order valence-corrected chi connectivity index (χ4v) is 5.05. The van der Waals surface area contributed by atoms with E-state index in [9.17, 15) is 13.2 Å². The Morgan fingerprint density at radius 2 is 1.93 bits per heavy atom. The summed E-state index contributed by atoms with van der Waals surface area (Å²) in [4.78, 5) is 18.8. The molecule has 0 spiro atoms. The molecule has 1 heterocycles. The number of thiazole rings is 1. The molecule has 1 N–H and O–H groups in total. The molecule has 0 atom stereocenters. The van der Waals surface area contributed by atoms with Gasteiger partial charge in [-0.1, -0.05) is 23.5 Å². The zero-order chi connectivity index (χ0) is 20.5. The van der Waals surface area contributed by atoms with Crippen LogP contribution < -0.4 is 14.4 Å². The minimum absolute atomic E-state index is 0.0766. The molecule has 7 nitrogen and oxygen atoms in total. The van der Waals surface area contributed by atoms with Crippen LogP contribution in [0.15, 0.2) is 47.4 Å². The molecule has 0 bridgehead atoms. The van der Waals surface area contributed by atoms with E-state index in [0.29, 0.717) is 5.13 Å². The Balaban J connectivity index is 1.98. The summed E-state index contributed by atoms with van der Waals surface area (Å²) < 4.78 is 33.9. The molecule has 0 aliphatic rings. The lowest BCUT2D eigenvalue weighted by molar-refractivity contribution is 0.0992. The number of carbonyl (C=O) groups excluding carboxylic acids is 1. The van der Waals surface area contributed by atoms with Gasteiger partial charge in [0.05, 0.1) is 17.3 Å². The fourth-order valence-electron chi connectivity index (χ4n) is 2.68. The molecule has 0 radical (unpaired) electrons. The largest absolute Gasteiger partial charge is 0.495 e. The maximum Gasteiger partial charge on any atom is 0.259 e. The number of methoxy groups -OCH3 is 1. The molecule has 1 amide bonds. The second kappa shape index (κ2) is 7.86. The van der Waals surface area contributed by atoms with Crippen LogP contribution in [0.3, 0.4) is 0 Å². The first-order chi connectivity index (χ1) is 13.2. The van der Waals surface area contributed by atoms with E-state index in [1.54, 1.807) is 27.0 Å². The number of hydrogen-bond donors (Lipinski definition) is 1. The van der Waals surface area contributed by atoms with E-state index in [2.05, 4.69) is 9.71 Å². The number of ether oxygens (including phenoxy) is 1. The van der Waals surface area contributed by atoms with Gasteiger partial charge in [-0.15, -0.1) is 0 Å². The standard InChI is InChI=1S/C19H21N3O4S2/c1-12(2)21-28(24,25)17-11-13(9-10-15(17)26-4)18(23)22(3)19-20-14-7-5-6-8-16(14)27-19/h5-12,21H,1-4H3. The number of fused-ring (bicyclic) bond motifs is 1. The van der Waals surface area contributed by atoms with Crippen LogP contribution in [0.1, 0.15) is 24.2 Å². The minimum atomic E-state index is -3.83. The number of sulfonamides is 1.